The van der Waals surface area contributed by atoms with Crippen molar-refractivity contribution in [3.8, 4) is 23.0 Å². The summed E-state index contributed by atoms with van der Waals surface area (Å²) >= 11 is 0. The summed E-state index contributed by atoms with van der Waals surface area (Å²) in [6, 6.07) is 11.3. The van der Waals surface area contributed by atoms with Crippen LogP contribution in [-0.2, 0) is 9.47 Å². The normalized spacial score (nSPS) is 12.9. The van der Waals surface area contributed by atoms with Crippen molar-refractivity contribution < 1.29 is 33.0 Å². The lowest BCUT2D eigenvalue weighted by Crippen LogP contribution is -2.18. The fourth-order valence-electron chi connectivity index (χ4n) is 3.97. The summed E-state index contributed by atoms with van der Waals surface area (Å²) in [5, 5.41) is 0. The van der Waals surface area contributed by atoms with Gasteiger partial charge in [0.2, 0.25) is 5.71 Å². The van der Waals surface area contributed by atoms with Crippen LogP contribution < -0.4 is 18.9 Å². The molecule has 0 aromatic heterocycles. The number of hydrogen-bond acceptors (Lipinski definition) is 6. The van der Waals surface area contributed by atoms with Gasteiger partial charge in [-0.2, -0.15) is 0 Å². The second kappa shape index (κ2) is 10.8. The van der Waals surface area contributed by atoms with Gasteiger partial charge in [-0.1, -0.05) is 12.1 Å². The summed E-state index contributed by atoms with van der Waals surface area (Å²) in [5.74, 6) is 3.68. The number of benzene rings is 2. The van der Waals surface area contributed by atoms with Gasteiger partial charge < -0.3 is 28.4 Å². The summed E-state index contributed by atoms with van der Waals surface area (Å²) < 4.78 is 37.0. The van der Waals surface area contributed by atoms with E-state index in [9.17, 15) is 0 Å². The maximum atomic E-state index is 5.91. The average molecular weight is 467 g/mol. The molecule has 0 atom stereocenters. The summed E-state index contributed by atoms with van der Waals surface area (Å²) in [6.07, 6.45) is 3.92. The van der Waals surface area contributed by atoms with Crippen LogP contribution in [0.25, 0.3) is 5.57 Å². The van der Waals surface area contributed by atoms with E-state index in [2.05, 4.69) is 0 Å². The first kappa shape index (κ1) is 24.8. The van der Waals surface area contributed by atoms with Gasteiger partial charge in [-0.05, 0) is 24.3 Å². The van der Waals surface area contributed by atoms with Crippen molar-refractivity contribution in [3.63, 3.8) is 0 Å². The third-order valence-corrected chi connectivity index (χ3v) is 5.61. The van der Waals surface area contributed by atoms with Crippen LogP contribution in [0.3, 0.4) is 0 Å². The molecular formula is C27H32NO6+. The molecule has 3 rings (SSSR count). The molecule has 7 heteroatoms. The Morgan fingerprint density at radius 2 is 0.912 bits per heavy atom. The van der Waals surface area contributed by atoms with Crippen LogP contribution in [0.4, 0.5) is 0 Å². The number of methoxy groups -OCH3 is 6. The fraction of sp³-hybridized carbons (Fsp3) is 0.296. The predicted molar refractivity (Wildman–Crippen MR) is 132 cm³/mol. The minimum Gasteiger partial charge on any atom is -0.496 e. The molecule has 0 bridgehead atoms. The van der Waals surface area contributed by atoms with Crippen molar-refractivity contribution >= 4 is 11.3 Å². The van der Waals surface area contributed by atoms with Crippen LogP contribution in [0.15, 0.2) is 65.6 Å². The second-order valence-corrected chi connectivity index (χ2v) is 7.57. The molecule has 2 aromatic carbocycles. The Balaban J connectivity index is 2.63. The highest BCUT2D eigenvalue weighted by Gasteiger charge is 2.32. The molecule has 0 radical (unpaired) electrons. The molecule has 0 unspecified atom stereocenters. The lowest BCUT2D eigenvalue weighted by atomic mass is 9.86. The molecule has 7 nitrogen and oxygen atoms in total. The molecule has 2 aromatic rings. The Kier molecular flexibility index (Phi) is 7.89. The van der Waals surface area contributed by atoms with Crippen LogP contribution in [0.5, 0.6) is 23.0 Å². The minimum atomic E-state index is 0.610. The van der Waals surface area contributed by atoms with Gasteiger partial charge in [0.25, 0.3) is 0 Å². The first-order chi connectivity index (χ1) is 16.4. The van der Waals surface area contributed by atoms with Crippen molar-refractivity contribution in [3.05, 3.63) is 76.8 Å². The monoisotopic (exact) mass is 466 g/mol. The number of rotatable bonds is 8. The number of hydrogen-bond donors (Lipinski definition) is 0. The Bertz CT molecular complexity index is 1060. The first-order valence-electron chi connectivity index (χ1n) is 10.7. The molecule has 180 valence electrons. The van der Waals surface area contributed by atoms with E-state index in [0.29, 0.717) is 51.2 Å². The number of allylic oxidation sites excluding steroid dienone is 2. The molecular weight excluding hydrogens is 434 g/mol. The third-order valence-electron chi connectivity index (χ3n) is 5.61. The van der Waals surface area contributed by atoms with E-state index in [-0.39, 0.29) is 0 Å². The van der Waals surface area contributed by atoms with Crippen molar-refractivity contribution in [1.82, 2.24) is 0 Å². The lowest BCUT2D eigenvalue weighted by molar-refractivity contribution is -0.462. The Morgan fingerprint density at radius 1 is 0.559 bits per heavy atom. The van der Waals surface area contributed by atoms with Gasteiger partial charge in [0.05, 0.1) is 71.5 Å². The summed E-state index contributed by atoms with van der Waals surface area (Å²) in [5.41, 5.74) is 3.79. The topological polar surface area (TPSA) is 58.4 Å². The average Bonchev–Trinajstić information content (AvgIpc) is 2.88. The second-order valence-electron chi connectivity index (χ2n) is 7.57. The first-order valence-corrected chi connectivity index (χ1v) is 10.7. The Morgan fingerprint density at radius 3 is 1.18 bits per heavy atom. The molecule has 0 aliphatic heterocycles. The zero-order chi connectivity index (χ0) is 24.8. The Labute approximate surface area is 201 Å². The van der Waals surface area contributed by atoms with Crippen LogP contribution in [0.1, 0.15) is 11.1 Å². The summed E-state index contributed by atoms with van der Waals surface area (Å²) in [6.45, 7) is 0. The van der Waals surface area contributed by atoms with E-state index < -0.39 is 0 Å². The Hall–Kier alpha value is -3.87. The largest absolute Gasteiger partial charge is 0.496 e. The molecule has 0 spiro atoms. The smallest absolute Gasteiger partial charge is 0.206 e. The summed E-state index contributed by atoms with van der Waals surface area (Å²) in [7, 11) is 13.7. The van der Waals surface area contributed by atoms with Crippen LogP contribution in [-0.4, -0.2) is 67.0 Å². The maximum Gasteiger partial charge on any atom is 0.206 e. The standard InChI is InChI=1S/C27H32NO6/c1-28(2)17-15-22(33-7)26(23(16-17)34-8)27(24-18(29-3)11-9-12-19(24)30-4)25-20(31-5)13-10-14-21(25)32-6/h9-16H,1-8H3/q+1. The molecule has 0 amide bonds. The number of nitrogens with zero attached hydrogens (tertiary/aromatic N) is 1. The predicted octanol–water partition coefficient (Wildman–Crippen LogP) is 4.31. The van der Waals surface area contributed by atoms with Crippen molar-refractivity contribution in [2.75, 3.05) is 56.8 Å². The van der Waals surface area contributed by atoms with Crippen molar-refractivity contribution in [2.45, 2.75) is 0 Å². The highest BCUT2D eigenvalue weighted by atomic mass is 16.5. The minimum absolute atomic E-state index is 0.610. The zero-order valence-electron chi connectivity index (χ0n) is 21.0. The molecule has 0 saturated heterocycles. The fourth-order valence-corrected chi connectivity index (χ4v) is 3.97. The lowest BCUT2D eigenvalue weighted by Gasteiger charge is -2.26. The van der Waals surface area contributed by atoms with Gasteiger partial charge in [-0.3, -0.25) is 0 Å². The van der Waals surface area contributed by atoms with E-state index in [1.54, 1.807) is 42.7 Å². The van der Waals surface area contributed by atoms with Gasteiger partial charge in [-0.25, -0.2) is 4.58 Å². The molecule has 1 aliphatic carbocycles. The maximum absolute atomic E-state index is 5.91. The molecule has 0 heterocycles. The van der Waals surface area contributed by atoms with E-state index in [1.165, 1.54) is 0 Å². The molecule has 0 N–H and O–H groups in total. The van der Waals surface area contributed by atoms with E-state index >= 15 is 0 Å². The van der Waals surface area contributed by atoms with Gasteiger partial charge in [-0.15, -0.1) is 0 Å². The molecule has 0 fully saturated rings. The van der Waals surface area contributed by atoms with Gasteiger partial charge in [0.15, 0.2) is 0 Å². The van der Waals surface area contributed by atoms with Crippen LogP contribution in [0.2, 0.25) is 0 Å². The van der Waals surface area contributed by atoms with Gasteiger partial charge in [0, 0.05) is 5.57 Å². The van der Waals surface area contributed by atoms with E-state index in [4.69, 9.17) is 28.4 Å². The number of ether oxygens (including phenoxy) is 6. The van der Waals surface area contributed by atoms with Crippen LogP contribution in [0, 0.1) is 0 Å². The highest BCUT2D eigenvalue weighted by Crippen LogP contribution is 2.49. The summed E-state index contributed by atoms with van der Waals surface area (Å²) in [4.78, 5) is 0. The molecule has 1 aliphatic rings. The highest BCUT2D eigenvalue weighted by molar-refractivity contribution is 6.06. The van der Waals surface area contributed by atoms with Crippen LogP contribution >= 0.6 is 0 Å². The van der Waals surface area contributed by atoms with E-state index in [1.807, 2.05) is 67.2 Å². The van der Waals surface area contributed by atoms with Gasteiger partial charge in [0.1, 0.15) is 48.6 Å². The van der Waals surface area contributed by atoms with E-state index in [0.717, 1.165) is 11.3 Å². The molecule has 0 saturated carbocycles. The van der Waals surface area contributed by atoms with Gasteiger partial charge >= 0.3 is 0 Å². The molecule has 34 heavy (non-hydrogen) atoms. The van der Waals surface area contributed by atoms with Crippen molar-refractivity contribution in [1.29, 1.82) is 0 Å². The van der Waals surface area contributed by atoms with Crippen molar-refractivity contribution in [2.24, 2.45) is 0 Å². The quantitative estimate of drug-likeness (QED) is 0.541. The zero-order valence-corrected chi connectivity index (χ0v) is 21.0. The third kappa shape index (κ3) is 4.46. The SMILES string of the molecule is COC1=CC(=[N+](C)C)C=C(OC)C1=C(c1c(OC)cccc1OC)c1c(OC)cccc1OC.